The van der Waals surface area contributed by atoms with E-state index in [2.05, 4.69) is 0 Å². The summed E-state index contributed by atoms with van der Waals surface area (Å²) in [5, 5.41) is 10.2. The van der Waals surface area contributed by atoms with Gasteiger partial charge in [0.15, 0.2) is 6.10 Å². The van der Waals surface area contributed by atoms with Gasteiger partial charge in [0.05, 0.1) is 6.26 Å². The average Bonchev–Trinajstić information content (AvgIpc) is 3.15. The molecule has 140 valence electrons. The van der Waals surface area contributed by atoms with Crippen LogP contribution in [-0.2, 0) is 16.0 Å². The normalized spacial score (nSPS) is 12.5. The molecule has 0 saturated heterocycles. The minimum atomic E-state index is -0.950. The van der Waals surface area contributed by atoms with E-state index in [0.29, 0.717) is 19.6 Å². The zero-order chi connectivity index (χ0) is 19.1. The number of fused-ring (bicyclic) bond motifs is 1. The maximum atomic E-state index is 11.2. The molecule has 0 amide bonds. The molecule has 3 rings (SSSR count). The van der Waals surface area contributed by atoms with Gasteiger partial charge in [0, 0.05) is 24.0 Å². The molecule has 2 aromatic carbocycles. The van der Waals surface area contributed by atoms with E-state index in [1.54, 1.807) is 13.2 Å². The van der Waals surface area contributed by atoms with E-state index in [9.17, 15) is 4.79 Å². The van der Waals surface area contributed by atoms with Crippen molar-refractivity contribution in [2.24, 2.45) is 0 Å². The van der Waals surface area contributed by atoms with Crippen LogP contribution in [0, 0.1) is 0 Å². The van der Waals surface area contributed by atoms with Crippen LogP contribution in [0.25, 0.3) is 17.0 Å². The van der Waals surface area contributed by atoms with Gasteiger partial charge in [-0.1, -0.05) is 36.4 Å². The fourth-order valence-corrected chi connectivity index (χ4v) is 2.82. The molecule has 0 aliphatic heterocycles. The Morgan fingerprint density at radius 3 is 2.74 bits per heavy atom. The van der Waals surface area contributed by atoms with Crippen LogP contribution in [-0.4, -0.2) is 30.4 Å². The van der Waals surface area contributed by atoms with Crippen LogP contribution in [0.3, 0.4) is 0 Å². The van der Waals surface area contributed by atoms with E-state index in [1.807, 2.05) is 60.7 Å². The van der Waals surface area contributed by atoms with Crippen molar-refractivity contribution in [1.82, 2.24) is 0 Å². The lowest BCUT2D eigenvalue weighted by Gasteiger charge is -2.12. The molecule has 0 aliphatic rings. The SMILES string of the molecule is CCO[C@@H](Cc1ccc(OCC=Cc2cccc3ccoc23)cc1)C(=O)O. The van der Waals surface area contributed by atoms with E-state index in [0.717, 1.165) is 27.8 Å². The van der Waals surface area contributed by atoms with Crippen LogP contribution in [0.5, 0.6) is 5.75 Å². The van der Waals surface area contributed by atoms with E-state index >= 15 is 0 Å². The first-order valence-electron chi connectivity index (χ1n) is 8.86. The Labute approximate surface area is 157 Å². The number of furan rings is 1. The molecule has 27 heavy (non-hydrogen) atoms. The van der Waals surface area contributed by atoms with Crippen molar-refractivity contribution in [3.05, 3.63) is 72.0 Å². The quantitative estimate of drug-likeness (QED) is 0.601. The van der Waals surface area contributed by atoms with Gasteiger partial charge in [-0.15, -0.1) is 0 Å². The summed E-state index contributed by atoms with van der Waals surface area (Å²) in [5.41, 5.74) is 2.76. The fraction of sp³-hybridized carbons (Fsp3) is 0.227. The molecule has 1 heterocycles. The van der Waals surface area contributed by atoms with Gasteiger partial charge < -0.3 is 19.0 Å². The van der Waals surface area contributed by atoms with Crippen molar-refractivity contribution < 1.29 is 23.8 Å². The molecule has 0 spiro atoms. The number of rotatable bonds is 9. The third-order valence-electron chi connectivity index (χ3n) is 4.14. The second kappa shape index (κ2) is 9.05. The number of hydrogen-bond acceptors (Lipinski definition) is 4. The van der Waals surface area contributed by atoms with Gasteiger partial charge in [-0.05, 0) is 36.8 Å². The van der Waals surface area contributed by atoms with Crippen molar-refractivity contribution in [3.8, 4) is 5.75 Å². The second-order valence-electron chi connectivity index (χ2n) is 6.03. The largest absolute Gasteiger partial charge is 0.490 e. The lowest BCUT2D eigenvalue weighted by Crippen LogP contribution is -2.26. The summed E-state index contributed by atoms with van der Waals surface area (Å²) in [6.45, 7) is 2.58. The Balaban J connectivity index is 1.54. The molecule has 0 unspecified atom stereocenters. The Kier molecular flexibility index (Phi) is 6.28. The molecule has 0 radical (unpaired) electrons. The third kappa shape index (κ3) is 4.99. The van der Waals surface area contributed by atoms with E-state index < -0.39 is 12.1 Å². The summed E-state index contributed by atoms with van der Waals surface area (Å²) in [5.74, 6) is -0.225. The van der Waals surface area contributed by atoms with Crippen LogP contribution in [0.15, 0.2) is 65.3 Å². The number of carboxylic acid groups (broad SMARTS) is 1. The third-order valence-corrected chi connectivity index (χ3v) is 4.14. The number of aliphatic carboxylic acids is 1. The molecule has 1 aromatic heterocycles. The minimum Gasteiger partial charge on any atom is -0.490 e. The first kappa shape index (κ1) is 18.7. The number of hydrogen-bond donors (Lipinski definition) is 1. The molecular formula is C22H22O5. The van der Waals surface area contributed by atoms with Gasteiger partial charge in [-0.25, -0.2) is 4.79 Å². The maximum absolute atomic E-state index is 11.2. The first-order valence-corrected chi connectivity index (χ1v) is 8.86. The molecule has 1 atom stereocenters. The van der Waals surface area contributed by atoms with Crippen LogP contribution in [0.1, 0.15) is 18.1 Å². The predicted molar refractivity (Wildman–Crippen MR) is 104 cm³/mol. The van der Waals surface area contributed by atoms with Crippen molar-refractivity contribution >= 4 is 23.0 Å². The van der Waals surface area contributed by atoms with Gasteiger partial charge in [-0.3, -0.25) is 0 Å². The molecule has 0 aliphatic carbocycles. The highest BCUT2D eigenvalue weighted by atomic mass is 16.5. The molecule has 0 fully saturated rings. The monoisotopic (exact) mass is 366 g/mol. The molecule has 5 nitrogen and oxygen atoms in total. The Hall–Kier alpha value is -3.05. The van der Waals surface area contributed by atoms with E-state index in [-0.39, 0.29) is 0 Å². The maximum Gasteiger partial charge on any atom is 0.333 e. The summed E-state index contributed by atoms with van der Waals surface area (Å²) < 4.78 is 16.4. The summed E-state index contributed by atoms with van der Waals surface area (Å²) in [7, 11) is 0. The summed E-state index contributed by atoms with van der Waals surface area (Å²) >= 11 is 0. The van der Waals surface area contributed by atoms with Crippen LogP contribution >= 0.6 is 0 Å². The van der Waals surface area contributed by atoms with Gasteiger partial charge in [0.2, 0.25) is 0 Å². The highest BCUT2D eigenvalue weighted by Gasteiger charge is 2.17. The van der Waals surface area contributed by atoms with Crippen molar-refractivity contribution in [1.29, 1.82) is 0 Å². The number of ether oxygens (including phenoxy) is 2. The summed E-state index contributed by atoms with van der Waals surface area (Å²) in [6, 6.07) is 15.3. The van der Waals surface area contributed by atoms with Crippen LogP contribution < -0.4 is 4.74 Å². The van der Waals surface area contributed by atoms with Gasteiger partial charge >= 0.3 is 5.97 Å². The standard InChI is InChI=1S/C22H22O5/c1-2-25-20(22(23)24)15-16-8-10-19(11-9-16)26-13-4-7-17-5-3-6-18-12-14-27-21(17)18/h3-12,14,20H,2,13,15H2,1H3,(H,23,24)/t20-/m0/s1. The lowest BCUT2D eigenvalue weighted by atomic mass is 10.1. The van der Waals surface area contributed by atoms with Crippen molar-refractivity contribution in [2.45, 2.75) is 19.4 Å². The van der Waals surface area contributed by atoms with E-state index in [1.165, 1.54) is 0 Å². The number of benzene rings is 2. The highest BCUT2D eigenvalue weighted by molar-refractivity contribution is 5.85. The number of para-hydroxylation sites is 1. The minimum absolute atomic E-state index is 0.330. The molecule has 5 heteroatoms. The van der Waals surface area contributed by atoms with Crippen molar-refractivity contribution in [3.63, 3.8) is 0 Å². The molecule has 0 bridgehead atoms. The van der Waals surface area contributed by atoms with E-state index in [4.69, 9.17) is 19.0 Å². The van der Waals surface area contributed by atoms with Gasteiger partial charge in [-0.2, -0.15) is 0 Å². The predicted octanol–water partition coefficient (Wildman–Crippen LogP) is 4.56. The molecule has 1 N–H and O–H groups in total. The molecular weight excluding hydrogens is 344 g/mol. The average molecular weight is 366 g/mol. The first-order chi connectivity index (χ1) is 13.2. The zero-order valence-electron chi connectivity index (χ0n) is 15.1. The van der Waals surface area contributed by atoms with Crippen LogP contribution in [0.4, 0.5) is 0 Å². The number of carboxylic acids is 1. The van der Waals surface area contributed by atoms with Gasteiger partial charge in [0.25, 0.3) is 0 Å². The smallest absolute Gasteiger partial charge is 0.333 e. The Morgan fingerprint density at radius 2 is 2.00 bits per heavy atom. The Morgan fingerprint density at radius 1 is 1.19 bits per heavy atom. The molecule has 0 saturated carbocycles. The fourth-order valence-electron chi connectivity index (χ4n) is 2.82. The second-order valence-corrected chi connectivity index (χ2v) is 6.03. The summed E-state index contributed by atoms with van der Waals surface area (Å²) in [4.78, 5) is 11.2. The zero-order valence-corrected chi connectivity index (χ0v) is 15.1. The van der Waals surface area contributed by atoms with Crippen molar-refractivity contribution in [2.75, 3.05) is 13.2 Å². The topological polar surface area (TPSA) is 68.9 Å². The Bertz CT molecular complexity index is 908. The summed E-state index contributed by atoms with van der Waals surface area (Å²) in [6.07, 6.45) is 5.09. The highest BCUT2D eigenvalue weighted by Crippen LogP contribution is 2.21. The molecule has 3 aromatic rings. The van der Waals surface area contributed by atoms with Gasteiger partial charge in [0.1, 0.15) is 17.9 Å². The van der Waals surface area contributed by atoms with Crippen LogP contribution in [0.2, 0.25) is 0 Å². The number of carbonyl (C=O) groups is 1. The lowest BCUT2D eigenvalue weighted by molar-refractivity contribution is -0.149.